The minimum atomic E-state index is -0.110. The Labute approximate surface area is 112 Å². The molecule has 2 aromatic rings. The summed E-state index contributed by atoms with van der Waals surface area (Å²) in [6.45, 7) is 4.25. The third kappa shape index (κ3) is 3.16. The molecule has 0 fully saturated rings. The summed E-state index contributed by atoms with van der Waals surface area (Å²) in [5.41, 5.74) is 1.61. The van der Waals surface area contributed by atoms with Gasteiger partial charge >= 0.3 is 0 Å². The van der Waals surface area contributed by atoms with Gasteiger partial charge in [0.25, 0.3) is 5.91 Å². The summed E-state index contributed by atoms with van der Waals surface area (Å²) in [5.74, 6) is 2.32. The van der Waals surface area contributed by atoms with Crippen LogP contribution < -0.4 is 10.1 Å². The van der Waals surface area contributed by atoms with Crippen LogP contribution in [0.5, 0.6) is 5.75 Å². The van der Waals surface area contributed by atoms with E-state index >= 15 is 0 Å². The monoisotopic (exact) mass is 259 g/mol. The Hall–Kier alpha value is -2.23. The van der Waals surface area contributed by atoms with Crippen molar-refractivity contribution in [3.05, 3.63) is 53.0 Å². The molecule has 0 saturated carbocycles. The minimum absolute atomic E-state index is 0.110. The Balaban J connectivity index is 1.99. The summed E-state index contributed by atoms with van der Waals surface area (Å²) >= 11 is 0. The normalized spacial score (nSPS) is 10.3. The predicted octanol–water partition coefficient (Wildman–Crippen LogP) is 2.84. The van der Waals surface area contributed by atoms with Crippen molar-refractivity contribution in [2.75, 3.05) is 7.11 Å². The first-order chi connectivity index (χ1) is 9.10. The van der Waals surface area contributed by atoms with Crippen LogP contribution >= 0.6 is 0 Å². The Bertz CT molecular complexity index is 570. The molecule has 4 nitrogen and oxygen atoms in total. The number of benzene rings is 1. The number of amides is 1. The van der Waals surface area contributed by atoms with E-state index in [1.54, 1.807) is 31.4 Å². The topological polar surface area (TPSA) is 51.5 Å². The highest BCUT2D eigenvalue weighted by atomic mass is 16.5. The second-order valence-electron chi connectivity index (χ2n) is 4.35. The van der Waals surface area contributed by atoms with Gasteiger partial charge in [0.1, 0.15) is 17.3 Å². The van der Waals surface area contributed by atoms with E-state index in [1.165, 1.54) is 0 Å². The van der Waals surface area contributed by atoms with Crippen molar-refractivity contribution in [1.29, 1.82) is 0 Å². The van der Waals surface area contributed by atoms with Crippen LogP contribution in [0.2, 0.25) is 0 Å². The Morgan fingerprint density at radius 2 is 1.95 bits per heavy atom. The number of hydrogen-bond donors (Lipinski definition) is 1. The molecule has 4 heteroatoms. The fourth-order valence-electron chi connectivity index (χ4n) is 1.88. The van der Waals surface area contributed by atoms with Gasteiger partial charge in [0.2, 0.25) is 0 Å². The van der Waals surface area contributed by atoms with E-state index in [0.717, 1.165) is 22.8 Å². The van der Waals surface area contributed by atoms with E-state index in [1.807, 2.05) is 19.9 Å². The molecule has 0 saturated heterocycles. The van der Waals surface area contributed by atoms with E-state index in [9.17, 15) is 4.79 Å². The van der Waals surface area contributed by atoms with Gasteiger partial charge in [0, 0.05) is 17.7 Å². The lowest BCUT2D eigenvalue weighted by Gasteiger charge is -2.05. The van der Waals surface area contributed by atoms with Crippen LogP contribution in [0.4, 0.5) is 0 Å². The summed E-state index contributed by atoms with van der Waals surface area (Å²) < 4.78 is 10.5. The zero-order chi connectivity index (χ0) is 13.8. The Kier molecular flexibility index (Phi) is 3.90. The van der Waals surface area contributed by atoms with Gasteiger partial charge < -0.3 is 14.5 Å². The molecule has 1 N–H and O–H groups in total. The van der Waals surface area contributed by atoms with Crippen LogP contribution in [0.3, 0.4) is 0 Å². The molecule has 0 radical (unpaired) electrons. The highest BCUT2D eigenvalue weighted by molar-refractivity contribution is 5.94. The second kappa shape index (κ2) is 5.61. The van der Waals surface area contributed by atoms with Crippen LogP contribution in [0, 0.1) is 13.8 Å². The molecule has 100 valence electrons. The third-order valence-corrected chi connectivity index (χ3v) is 2.94. The number of ether oxygens (including phenoxy) is 1. The average molecular weight is 259 g/mol. The predicted molar refractivity (Wildman–Crippen MR) is 72.3 cm³/mol. The van der Waals surface area contributed by atoms with Gasteiger partial charge in [-0.25, -0.2) is 0 Å². The third-order valence-electron chi connectivity index (χ3n) is 2.94. The maximum atomic E-state index is 12.0. The van der Waals surface area contributed by atoms with E-state index in [0.29, 0.717) is 12.1 Å². The maximum absolute atomic E-state index is 12.0. The molecule has 1 amide bonds. The van der Waals surface area contributed by atoms with Gasteiger partial charge in [-0.15, -0.1) is 0 Å². The number of aryl methyl sites for hydroxylation is 2. The van der Waals surface area contributed by atoms with Crippen molar-refractivity contribution >= 4 is 5.91 Å². The van der Waals surface area contributed by atoms with Gasteiger partial charge in [-0.2, -0.15) is 0 Å². The molecule has 0 unspecified atom stereocenters. The molecule has 1 heterocycles. The molecule has 0 aliphatic rings. The van der Waals surface area contributed by atoms with Crippen molar-refractivity contribution in [2.45, 2.75) is 20.4 Å². The van der Waals surface area contributed by atoms with Crippen LogP contribution in [-0.4, -0.2) is 13.0 Å². The van der Waals surface area contributed by atoms with Crippen LogP contribution in [0.25, 0.3) is 0 Å². The fraction of sp³-hybridized carbons (Fsp3) is 0.267. The van der Waals surface area contributed by atoms with Crippen molar-refractivity contribution in [1.82, 2.24) is 5.32 Å². The first kappa shape index (κ1) is 13.2. The fourth-order valence-corrected chi connectivity index (χ4v) is 1.88. The molecule has 0 aliphatic heterocycles. The minimum Gasteiger partial charge on any atom is -0.497 e. The van der Waals surface area contributed by atoms with E-state index in [2.05, 4.69) is 5.32 Å². The number of furan rings is 1. The summed E-state index contributed by atoms with van der Waals surface area (Å²) in [6, 6.07) is 8.94. The average Bonchev–Trinajstić information content (AvgIpc) is 2.74. The molecule has 0 atom stereocenters. The van der Waals surface area contributed by atoms with Crippen LogP contribution in [0.1, 0.15) is 27.4 Å². The molecule has 0 spiro atoms. The molecular weight excluding hydrogens is 242 g/mol. The quantitative estimate of drug-likeness (QED) is 0.918. The number of nitrogens with one attached hydrogen (secondary N) is 1. The molecule has 1 aromatic heterocycles. The molecule has 19 heavy (non-hydrogen) atoms. The molecule has 0 bridgehead atoms. The SMILES string of the molecule is COc1ccc(C(=O)NCc2cc(C)oc2C)cc1. The molecule has 2 rings (SSSR count). The zero-order valence-electron chi connectivity index (χ0n) is 11.3. The summed E-state index contributed by atoms with van der Waals surface area (Å²) in [7, 11) is 1.60. The zero-order valence-corrected chi connectivity index (χ0v) is 11.3. The van der Waals surface area contributed by atoms with Crippen molar-refractivity contribution in [3.8, 4) is 5.75 Å². The van der Waals surface area contributed by atoms with Crippen molar-refractivity contribution in [3.63, 3.8) is 0 Å². The van der Waals surface area contributed by atoms with Crippen molar-refractivity contribution in [2.24, 2.45) is 0 Å². The highest BCUT2D eigenvalue weighted by Crippen LogP contribution is 2.14. The summed E-state index contributed by atoms with van der Waals surface area (Å²) in [6.07, 6.45) is 0. The van der Waals surface area contributed by atoms with Crippen molar-refractivity contribution < 1.29 is 13.9 Å². The van der Waals surface area contributed by atoms with Crippen LogP contribution in [0.15, 0.2) is 34.7 Å². The summed E-state index contributed by atoms with van der Waals surface area (Å²) in [5, 5.41) is 2.87. The smallest absolute Gasteiger partial charge is 0.251 e. The summed E-state index contributed by atoms with van der Waals surface area (Å²) in [4.78, 5) is 12.0. The largest absolute Gasteiger partial charge is 0.497 e. The number of hydrogen-bond acceptors (Lipinski definition) is 3. The van der Waals surface area contributed by atoms with Gasteiger partial charge in [-0.05, 0) is 44.2 Å². The number of carbonyl (C=O) groups excluding carboxylic acids is 1. The number of carbonyl (C=O) groups is 1. The van der Waals surface area contributed by atoms with Gasteiger partial charge in [-0.1, -0.05) is 0 Å². The Morgan fingerprint density at radius 3 is 2.47 bits per heavy atom. The number of methoxy groups -OCH3 is 1. The van der Waals surface area contributed by atoms with E-state index in [4.69, 9.17) is 9.15 Å². The van der Waals surface area contributed by atoms with E-state index in [-0.39, 0.29) is 5.91 Å². The maximum Gasteiger partial charge on any atom is 0.251 e. The first-order valence-electron chi connectivity index (χ1n) is 6.08. The molecular formula is C15H17NO3. The van der Waals surface area contributed by atoms with E-state index < -0.39 is 0 Å². The van der Waals surface area contributed by atoms with Gasteiger partial charge in [-0.3, -0.25) is 4.79 Å². The van der Waals surface area contributed by atoms with Gasteiger partial charge in [0.15, 0.2) is 0 Å². The molecule has 1 aromatic carbocycles. The molecule has 0 aliphatic carbocycles. The lowest BCUT2D eigenvalue weighted by atomic mass is 10.2. The first-order valence-corrected chi connectivity index (χ1v) is 6.08. The Morgan fingerprint density at radius 1 is 1.26 bits per heavy atom. The lowest BCUT2D eigenvalue weighted by molar-refractivity contribution is 0.0951. The van der Waals surface area contributed by atoms with Gasteiger partial charge in [0.05, 0.1) is 7.11 Å². The van der Waals surface area contributed by atoms with Crippen LogP contribution in [-0.2, 0) is 6.54 Å². The lowest BCUT2D eigenvalue weighted by Crippen LogP contribution is -2.22. The standard InChI is InChI=1S/C15H17NO3/c1-10-8-13(11(2)19-10)9-16-15(17)12-4-6-14(18-3)7-5-12/h4-8H,9H2,1-3H3,(H,16,17). The highest BCUT2D eigenvalue weighted by Gasteiger charge is 2.08. The number of rotatable bonds is 4. The second-order valence-corrected chi connectivity index (χ2v) is 4.35.